The molecule has 0 aliphatic heterocycles. The number of rotatable bonds is 4. The van der Waals surface area contributed by atoms with Crippen LogP contribution in [0.2, 0.25) is 0 Å². The van der Waals surface area contributed by atoms with Gasteiger partial charge in [-0.1, -0.05) is 12.1 Å². The standard InChI is InChI=1S/C13H14F3N5OS/c1-7(10-19-11(21-20-10)13(14,15)16)17-12(22)18-8-5-3-4-6-9(8)23-2/h3-7H,1-2H3,(H2,17,18,22)(H,19,20,21). The van der Waals surface area contributed by atoms with Gasteiger partial charge in [0.05, 0.1) is 11.7 Å². The lowest BCUT2D eigenvalue weighted by atomic mass is 10.3. The van der Waals surface area contributed by atoms with Crippen LogP contribution in [0.15, 0.2) is 29.2 Å². The van der Waals surface area contributed by atoms with E-state index in [1.165, 1.54) is 18.7 Å². The molecular weight excluding hydrogens is 331 g/mol. The summed E-state index contributed by atoms with van der Waals surface area (Å²) < 4.78 is 37.4. The molecule has 1 atom stereocenters. The summed E-state index contributed by atoms with van der Waals surface area (Å²) in [7, 11) is 0. The highest BCUT2D eigenvalue weighted by atomic mass is 32.2. The fraction of sp³-hybridized carbons (Fsp3) is 0.308. The van der Waals surface area contributed by atoms with E-state index >= 15 is 0 Å². The van der Waals surface area contributed by atoms with Crippen molar-refractivity contribution in [2.24, 2.45) is 0 Å². The Balaban J connectivity index is 2.01. The van der Waals surface area contributed by atoms with E-state index in [1.54, 1.807) is 12.1 Å². The lowest BCUT2D eigenvalue weighted by molar-refractivity contribution is -0.144. The molecule has 2 amide bonds. The van der Waals surface area contributed by atoms with Crippen LogP contribution in [0.5, 0.6) is 0 Å². The minimum Gasteiger partial charge on any atom is -0.328 e. The van der Waals surface area contributed by atoms with Crippen LogP contribution < -0.4 is 10.6 Å². The molecule has 1 aromatic heterocycles. The zero-order valence-corrected chi connectivity index (χ0v) is 13.0. The number of carbonyl (C=O) groups is 1. The number of halogens is 3. The second-order valence-corrected chi connectivity index (χ2v) is 5.41. The van der Waals surface area contributed by atoms with Crippen molar-refractivity contribution in [3.63, 3.8) is 0 Å². The Morgan fingerprint density at radius 1 is 1.35 bits per heavy atom. The van der Waals surface area contributed by atoms with Crippen LogP contribution in [0, 0.1) is 0 Å². The van der Waals surface area contributed by atoms with Gasteiger partial charge in [-0.3, -0.25) is 5.10 Å². The highest BCUT2D eigenvalue weighted by Crippen LogP contribution is 2.27. The number of hydrogen-bond acceptors (Lipinski definition) is 4. The number of H-pyrrole nitrogens is 1. The number of alkyl halides is 3. The van der Waals surface area contributed by atoms with Gasteiger partial charge in [-0.25, -0.2) is 9.78 Å². The molecule has 1 unspecified atom stereocenters. The monoisotopic (exact) mass is 345 g/mol. The lowest BCUT2D eigenvalue weighted by Gasteiger charge is -2.13. The van der Waals surface area contributed by atoms with Crippen LogP contribution in [0.4, 0.5) is 23.7 Å². The van der Waals surface area contributed by atoms with E-state index in [-0.39, 0.29) is 5.82 Å². The first kappa shape index (κ1) is 17.1. The third kappa shape index (κ3) is 4.38. The van der Waals surface area contributed by atoms with E-state index in [4.69, 9.17) is 0 Å². The predicted octanol–water partition coefficient (Wildman–Crippen LogP) is 3.43. The van der Waals surface area contributed by atoms with E-state index in [1.807, 2.05) is 18.4 Å². The summed E-state index contributed by atoms with van der Waals surface area (Å²) >= 11 is 1.46. The minimum absolute atomic E-state index is 0.0781. The van der Waals surface area contributed by atoms with Crippen LogP contribution in [0.1, 0.15) is 24.6 Å². The topological polar surface area (TPSA) is 82.7 Å². The largest absolute Gasteiger partial charge is 0.453 e. The van der Waals surface area contributed by atoms with Crippen LogP contribution >= 0.6 is 11.8 Å². The van der Waals surface area contributed by atoms with Gasteiger partial charge in [0.25, 0.3) is 5.82 Å². The molecule has 0 radical (unpaired) electrons. The van der Waals surface area contributed by atoms with Gasteiger partial charge in [-0.05, 0) is 25.3 Å². The van der Waals surface area contributed by atoms with Gasteiger partial charge < -0.3 is 10.6 Å². The molecular formula is C13H14F3N5OS. The second kappa shape index (κ2) is 6.90. The number of para-hydroxylation sites is 1. The number of aromatic amines is 1. The van der Waals surface area contributed by atoms with E-state index in [0.29, 0.717) is 5.69 Å². The first-order valence-corrected chi connectivity index (χ1v) is 7.73. The van der Waals surface area contributed by atoms with Gasteiger partial charge in [0.15, 0.2) is 0 Å². The molecule has 1 heterocycles. The van der Waals surface area contributed by atoms with E-state index in [2.05, 4.69) is 25.8 Å². The Kier molecular flexibility index (Phi) is 5.14. The molecule has 0 saturated carbocycles. The van der Waals surface area contributed by atoms with Crippen molar-refractivity contribution in [2.75, 3.05) is 11.6 Å². The maximum atomic E-state index is 12.5. The number of hydrogen-bond donors (Lipinski definition) is 3. The molecule has 0 fully saturated rings. The molecule has 0 aliphatic carbocycles. The Labute approximate surface area is 134 Å². The number of carbonyl (C=O) groups excluding carboxylic acids is 1. The third-order valence-electron chi connectivity index (χ3n) is 2.87. The quantitative estimate of drug-likeness (QED) is 0.742. The fourth-order valence-electron chi connectivity index (χ4n) is 1.77. The smallest absolute Gasteiger partial charge is 0.328 e. The number of amides is 2. The summed E-state index contributed by atoms with van der Waals surface area (Å²) in [5.74, 6) is -1.35. The van der Waals surface area contributed by atoms with Gasteiger partial charge >= 0.3 is 12.2 Å². The highest BCUT2D eigenvalue weighted by Gasteiger charge is 2.36. The normalized spacial score (nSPS) is 12.7. The summed E-state index contributed by atoms with van der Waals surface area (Å²) in [4.78, 5) is 16.2. The first-order chi connectivity index (χ1) is 10.8. The average molecular weight is 345 g/mol. The second-order valence-electron chi connectivity index (χ2n) is 4.56. The van der Waals surface area contributed by atoms with Crippen LogP contribution in [-0.4, -0.2) is 27.5 Å². The Morgan fingerprint density at radius 2 is 2.04 bits per heavy atom. The Bertz CT molecular complexity index is 688. The molecule has 23 heavy (non-hydrogen) atoms. The van der Waals surface area contributed by atoms with E-state index in [0.717, 1.165) is 4.90 Å². The molecule has 10 heteroatoms. The molecule has 3 N–H and O–H groups in total. The van der Waals surface area contributed by atoms with Gasteiger partial charge in [0.2, 0.25) is 0 Å². The number of nitrogens with one attached hydrogen (secondary N) is 3. The molecule has 0 aliphatic rings. The highest BCUT2D eigenvalue weighted by molar-refractivity contribution is 7.98. The maximum Gasteiger partial charge on any atom is 0.453 e. The lowest BCUT2D eigenvalue weighted by Crippen LogP contribution is -2.31. The Hall–Kier alpha value is -2.23. The van der Waals surface area contributed by atoms with Gasteiger partial charge in [-0.2, -0.15) is 13.2 Å². The summed E-state index contributed by atoms with van der Waals surface area (Å²) in [6.07, 6.45) is -2.76. The van der Waals surface area contributed by atoms with Crippen molar-refractivity contribution >= 4 is 23.5 Å². The van der Waals surface area contributed by atoms with Crippen molar-refractivity contribution in [3.8, 4) is 0 Å². The molecule has 0 spiro atoms. The third-order valence-corrected chi connectivity index (χ3v) is 3.67. The van der Waals surface area contributed by atoms with E-state index < -0.39 is 24.1 Å². The van der Waals surface area contributed by atoms with Crippen molar-refractivity contribution in [3.05, 3.63) is 35.9 Å². The molecule has 0 saturated heterocycles. The summed E-state index contributed by atoms with van der Waals surface area (Å²) in [6.45, 7) is 1.50. The number of aromatic nitrogens is 3. The zero-order chi connectivity index (χ0) is 17.0. The van der Waals surface area contributed by atoms with E-state index in [9.17, 15) is 18.0 Å². The number of thioether (sulfide) groups is 1. The van der Waals surface area contributed by atoms with Crippen LogP contribution in [0.25, 0.3) is 0 Å². The van der Waals surface area contributed by atoms with Crippen molar-refractivity contribution in [1.29, 1.82) is 0 Å². The maximum absolute atomic E-state index is 12.5. The van der Waals surface area contributed by atoms with Gasteiger partial charge in [0, 0.05) is 4.90 Å². The first-order valence-electron chi connectivity index (χ1n) is 6.51. The summed E-state index contributed by atoms with van der Waals surface area (Å²) in [6, 6.07) is 5.86. The summed E-state index contributed by atoms with van der Waals surface area (Å²) in [5.41, 5.74) is 0.609. The van der Waals surface area contributed by atoms with Crippen molar-refractivity contribution in [2.45, 2.75) is 24.0 Å². The summed E-state index contributed by atoms with van der Waals surface area (Å²) in [5, 5.41) is 10.4. The van der Waals surface area contributed by atoms with Crippen molar-refractivity contribution in [1.82, 2.24) is 20.5 Å². The molecule has 6 nitrogen and oxygen atoms in total. The predicted molar refractivity (Wildman–Crippen MR) is 80.2 cm³/mol. The fourth-order valence-corrected chi connectivity index (χ4v) is 2.32. The number of nitrogens with zero attached hydrogens (tertiary/aromatic N) is 2. The van der Waals surface area contributed by atoms with Gasteiger partial charge in [0.1, 0.15) is 5.82 Å². The number of urea groups is 1. The number of benzene rings is 1. The molecule has 0 bridgehead atoms. The molecule has 2 aromatic rings. The van der Waals surface area contributed by atoms with Crippen LogP contribution in [0.3, 0.4) is 0 Å². The molecule has 1 aromatic carbocycles. The SMILES string of the molecule is CSc1ccccc1NC(=O)NC(C)c1nc(C(F)(F)F)n[nH]1. The zero-order valence-electron chi connectivity index (χ0n) is 12.2. The Morgan fingerprint density at radius 3 is 2.65 bits per heavy atom. The van der Waals surface area contributed by atoms with Crippen molar-refractivity contribution < 1.29 is 18.0 Å². The minimum atomic E-state index is -4.63. The molecule has 124 valence electrons. The van der Waals surface area contributed by atoms with Gasteiger partial charge in [-0.15, -0.1) is 16.9 Å². The number of anilines is 1. The molecule has 2 rings (SSSR count). The van der Waals surface area contributed by atoms with Crippen LogP contribution in [-0.2, 0) is 6.18 Å². The average Bonchev–Trinajstić information content (AvgIpc) is 2.97.